The molecule has 2 N–H and O–H groups in total. The van der Waals surface area contributed by atoms with Gasteiger partial charge in [0.1, 0.15) is 6.04 Å². The number of rotatable bonds is 6. The second-order valence-electron chi connectivity index (χ2n) is 4.45. The van der Waals surface area contributed by atoms with Gasteiger partial charge < -0.3 is 10.4 Å². The molecule has 0 amide bonds. The molecule has 0 aromatic heterocycles. The number of nitrogens with zero attached hydrogens (tertiary/aromatic N) is 1. The van der Waals surface area contributed by atoms with Crippen molar-refractivity contribution in [2.45, 2.75) is 19.5 Å². The van der Waals surface area contributed by atoms with Crippen LogP contribution in [0.3, 0.4) is 0 Å². The van der Waals surface area contributed by atoms with E-state index >= 15 is 0 Å². The molecule has 1 atom stereocenters. The van der Waals surface area contributed by atoms with E-state index in [0.717, 1.165) is 11.0 Å². The number of nitrogens with one attached hydrogen (secondary N) is 1. The average molecular weight is 315 g/mol. The Hall–Kier alpha value is -0.910. The number of hydrogen-bond donors (Lipinski definition) is 2. The van der Waals surface area contributed by atoms with E-state index in [1.165, 1.54) is 11.1 Å². The highest BCUT2D eigenvalue weighted by Crippen LogP contribution is 2.17. The summed E-state index contributed by atoms with van der Waals surface area (Å²) in [6.07, 6.45) is 0. The van der Waals surface area contributed by atoms with Gasteiger partial charge in [0.25, 0.3) is 0 Å². The summed E-state index contributed by atoms with van der Waals surface area (Å²) in [6.45, 7) is 3.26. The summed E-state index contributed by atoms with van der Waals surface area (Å²) in [5.74, 6) is -0.824. The van der Waals surface area contributed by atoms with Gasteiger partial charge in [-0.05, 0) is 44.3 Å². The van der Waals surface area contributed by atoms with Crippen LogP contribution in [0.5, 0.6) is 0 Å². The Labute approximate surface area is 116 Å². The Kier molecular flexibility index (Phi) is 5.78. The van der Waals surface area contributed by atoms with Gasteiger partial charge in [0.15, 0.2) is 0 Å². The Balaban J connectivity index is 2.66. The molecule has 1 rings (SSSR count). The second-order valence-corrected chi connectivity index (χ2v) is 5.36. The monoisotopic (exact) mass is 314 g/mol. The highest BCUT2D eigenvalue weighted by molar-refractivity contribution is 9.10. The molecule has 0 aliphatic carbocycles. The van der Waals surface area contributed by atoms with Crippen LogP contribution in [-0.2, 0) is 11.3 Å². The minimum absolute atomic E-state index is 0.470. The summed E-state index contributed by atoms with van der Waals surface area (Å²) in [5, 5.41) is 11.8. The van der Waals surface area contributed by atoms with Gasteiger partial charge in [-0.1, -0.05) is 22.0 Å². The number of carboxylic acid groups (broad SMARTS) is 1. The maximum absolute atomic E-state index is 10.9. The summed E-state index contributed by atoms with van der Waals surface area (Å²) < 4.78 is 1.04. The summed E-state index contributed by atoms with van der Waals surface area (Å²) in [4.78, 5) is 12.9. The van der Waals surface area contributed by atoms with Crippen molar-refractivity contribution in [1.82, 2.24) is 10.2 Å². The number of carboxylic acids is 1. The standard InChI is InChI=1S/C13H19BrN2O2/c1-9-4-5-11(14)6-10(9)7-16(3)8-12(15-2)13(17)18/h4-6,12,15H,7-8H2,1-3H3,(H,17,18). The highest BCUT2D eigenvalue weighted by Gasteiger charge is 2.17. The number of likely N-dealkylation sites (N-methyl/N-ethyl adjacent to an activating group) is 2. The second kappa shape index (κ2) is 6.87. The van der Waals surface area contributed by atoms with Gasteiger partial charge in [0.05, 0.1) is 0 Å². The van der Waals surface area contributed by atoms with Crippen LogP contribution in [0.15, 0.2) is 22.7 Å². The maximum Gasteiger partial charge on any atom is 0.322 e. The Morgan fingerprint density at radius 3 is 2.78 bits per heavy atom. The third-order valence-corrected chi connectivity index (χ3v) is 3.39. The first-order chi connectivity index (χ1) is 8.43. The van der Waals surface area contributed by atoms with Crippen molar-refractivity contribution in [3.05, 3.63) is 33.8 Å². The molecule has 5 heteroatoms. The molecule has 0 fully saturated rings. The lowest BCUT2D eigenvalue weighted by atomic mass is 10.1. The molecule has 0 bridgehead atoms. The minimum atomic E-state index is -0.824. The summed E-state index contributed by atoms with van der Waals surface area (Å²) in [5.41, 5.74) is 2.41. The number of halogens is 1. The van der Waals surface area contributed by atoms with Crippen LogP contribution in [0, 0.1) is 6.92 Å². The van der Waals surface area contributed by atoms with E-state index in [2.05, 4.69) is 40.3 Å². The molecule has 18 heavy (non-hydrogen) atoms. The number of aryl methyl sites for hydroxylation is 1. The van der Waals surface area contributed by atoms with E-state index in [4.69, 9.17) is 5.11 Å². The van der Waals surface area contributed by atoms with Crippen LogP contribution < -0.4 is 5.32 Å². The lowest BCUT2D eigenvalue weighted by molar-refractivity contribution is -0.139. The zero-order chi connectivity index (χ0) is 13.7. The first-order valence-electron chi connectivity index (χ1n) is 5.77. The molecule has 0 saturated carbocycles. The van der Waals surface area contributed by atoms with Gasteiger partial charge in [-0.15, -0.1) is 0 Å². The van der Waals surface area contributed by atoms with E-state index in [-0.39, 0.29) is 0 Å². The number of hydrogen-bond acceptors (Lipinski definition) is 3. The average Bonchev–Trinajstić information content (AvgIpc) is 2.30. The normalized spacial score (nSPS) is 12.7. The Morgan fingerprint density at radius 1 is 1.56 bits per heavy atom. The van der Waals surface area contributed by atoms with Gasteiger partial charge in [-0.2, -0.15) is 0 Å². The number of benzene rings is 1. The van der Waals surface area contributed by atoms with Crippen molar-refractivity contribution < 1.29 is 9.90 Å². The fourth-order valence-electron chi connectivity index (χ4n) is 1.77. The summed E-state index contributed by atoms with van der Waals surface area (Å²) in [7, 11) is 3.59. The molecule has 0 aliphatic rings. The predicted molar refractivity (Wildman–Crippen MR) is 75.7 cm³/mol. The predicted octanol–water partition coefficient (Wildman–Crippen LogP) is 1.86. The van der Waals surface area contributed by atoms with Crippen molar-refractivity contribution in [2.24, 2.45) is 0 Å². The fraction of sp³-hybridized carbons (Fsp3) is 0.462. The molecular formula is C13H19BrN2O2. The molecule has 0 saturated heterocycles. The largest absolute Gasteiger partial charge is 0.480 e. The lowest BCUT2D eigenvalue weighted by Gasteiger charge is -2.22. The van der Waals surface area contributed by atoms with E-state index in [0.29, 0.717) is 6.54 Å². The molecule has 0 heterocycles. The zero-order valence-corrected chi connectivity index (χ0v) is 12.5. The summed E-state index contributed by atoms with van der Waals surface area (Å²) in [6, 6.07) is 5.59. The van der Waals surface area contributed by atoms with Crippen LogP contribution >= 0.6 is 15.9 Å². The highest BCUT2D eigenvalue weighted by atomic mass is 79.9. The zero-order valence-electron chi connectivity index (χ0n) is 10.9. The molecule has 1 unspecified atom stereocenters. The Bertz CT molecular complexity index is 423. The molecular weight excluding hydrogens is 296 g/mol. The minimum Gasteiger partial charge on any atom is -0.480 e. The van der Waals surface area contributed by atoms with Crippen molar-refractivity contribution in [3.8, 4) is 0 Å². The molecule has 1 aromatic rings. The fourth-order valence-corrected chi connectivity index (χ4v) is 2.18. The van der Waals surface area contributed by atoms with Crippen LogP contribution in [0.25, 0.3) is 0 Å². The van der Waals surface area contributed by atoms with Crippen LogP contribution in [0.4, 0.5) is 0 Å². The smallest absolute Gasteiger partial charge is 0.322 e. The molecule has 0 spiro atoms. The van der Waals surface area contributed by atoms with Gasteiger partial charge >= 0.3 is 5.97 Å². The first kappa shape index (κ1) is 15.1. The first-order valence-corrected chi connectivity index (χ1v) is 6.57. The van der Waals surface area contributed by atoms with Crippen LogP contribution in [0.1, 0.15) is 11.1 Å². The molecule has 100 valence electrons. The number of carbonyl (C=O) groups is 1. The molecule has 0 aliphatic heterocycles. The van der Waals surface area contributed by atoms with E-state index < -0.39 is 12.0 Å². The van der Waals surface area contributed by atoms with Gasteiger partial charge in [0, 0.05) is 17.6 Å². The van der Waals surface area contributed by atoms with E-state index in [1.54, 1.807) is 7.05 Å². The molecule has 1 aromatic carbocycles. The van der Waals surface area contributed by atoms with Crippen molar-refractivity contribution in [3.63, 3.8) is 0 Å². The van der Waals surface area contributed by atoms with E-state index in [9.17, 15) is 4.79 Å². The third kappa shape index (κ3) is 4.40. The third-order valence-electron chi connectivity index (χ3n) is 2.89. The van der Waals surface area contributed by atoms with E-state index in [1.807, 2.05) is 18.0 Å². The van der Waals surface area contributed by atoms with Gasteiger partial charge in [0.2, 0.25) is 0 Å². The van der Waals surface area contributed by atoms with Crippen molar-refractivity contribution >= 4 is 21.9 Å². The van der Waals surface area contributed by atoms with Gasteiger partial charge in [-0.3, -0.25) is 9.69 Å². The summed E-state index contributed by atoms with van der Waals surface area (Å²) >= 11 is 3.45. The van der Waals surface area contributed by atoms with Crippen molar-refractivity contribution in [2.75, 3.05) is 20.6 Å². The van der Waals surface area contributed by atoms with Crippen LogP contribution in [-0.4, -0.2) is 42.7 Å². The van der Waals surface area contributed by atoms with Crippen molar-refractivity contribution in [1.29, 1.82) is 0 Å². The van der Waals surface area contributed by atoms with Gasteiger partial charge in [-0.25, -0.2) is 0 Å². The molecule has 0 radical (unpaired) electrons. The lowest BCUT2D eigenvalue weighted by Crippen LogP contribution is -2.43. The SMILES string of the molecule is CNC(CN(C)Cc1cc(Br)ccc1C)C(=O)O. The topological polar surface area (TPSA) is 52.6 Å². The quantitative estimate of drug-likeness (QED) is 0.841. The Morgan fingerprint density at radius 2 is 2.22 bits per heavy atom. The molecule has 4 nitrogen and oxygen atoms in total. The maximum atomic E-state index is 10.9. The number of aliphatic carboxylic acids is 1. The van der Waals surface area contributed by atoms with Crippen LogP contribution in [0.2, 0.25) is 0 Å².